The van der Waals surface area contributed by atoms with Gasteiger partial charge in [0.2, 0.25) is 0 Å². The third-order valence-corrected chi connectivity index (χ3v) is 3.03. The number of rotatable bonds is 5. The van der Waals surface area contributed by atoms with E-state index in [1.165, 1.54) is 0 Å². The average molecular weight is 258 g/mol. The zero-order valence-electron chi connectivity index (χ0n) is 11.1. The number of ether oxygens (including phenoxy) is 2. The van der Waals surface area contributed by atoms with Crippen molar-refractivity contribution in [1.82, 2.24) is 0 Å². The lowest BCUT2D eigenvalue weighted by Gasteiger charge is -2.26. The molecule has 1 aliphatic carbocycles. The normalized spacial score (nSPS) is 23.8. The lowest BCUT2D eigenvalue weighted by molar-refractivity contribution is -0.157. The van der Waals surface area contributed by atoms with E-state index in [0.717, 1.165) is 19.3 Å². The first-order chi connectivity index (χ1) is 8.54. The molecule has 0 aromatic carbocycles. The first-order valence-electron chi connectivity index (χ1n) is 6.52. The molecule has 1 N–H and O–H groups in total. The first-order valence-corrected chi connectivity index (χ1v) is 6.52. The fourth-order valence-electron chi connectivity index (χ4n) is 2.21. The third-order valence-electron chi connectivity index (χ3n) is 3.03. The summed E-state index contributed by atoms with van der Waals surface area (Å²) in [5, 5.41) is 8.60. The van der Waals surface area contributed by atoms with Crippen LogP contribution in [0.15, 0.2) is 0 Å². The summed E-state index contributed by atoms with van der Waals surface area (Å²) in [6.45, 7) is 3.48. The van der Waals surface area contributed by atoms with Gasteiger partial charge in [0, 0.05) is 0 Å². The Morgan fingerprint density at radius 3 is 2.39 bits per heavy atom. The van der Waals surface area contributed by atoms with Gasteiger partial charge in [0.1, 0.15) is 6.61 Å². The van der Waals surface area contributed by atoms with Crippen LogP contribution >= 0.6 is 0 Å². The van der Waals surface area contributed by atoms with Crippen molar-refractivity contribution < 1.29 is 24.2 Å². The second kappa shape index (κ2) is 7.36. The maximum absolute atomic E-state index is 11.8. The van der Waals surface area contributed by atoms with E-state index >= 15 is 0 Å². The quantitative estimate of drug-likeness (QED) is 0.752. The van der Waals surface area contributed by atoms with Crippen molar-refractivity contribution in [2.45, 2.75) is 45.6 Å². The van der Waals surface area contributed by atoms with E-state index in [2.05, 4.69) is 0 Å². The monoisotopic (exact) mass is 258 g/mol. The van der Waals surface area contributed by atoms with Gasteiger partial charge in [0.15, 0.2) is 0 Å². The molecule has 2 unspecified atom stereocenters. The Hall–Kier alpha value is -1.10. The van der Waals surface area contributed by atoms with Gasteiger partial charge in [0.25, 0.3) is 0 Å². The molecule has 0 spiro atoms. The number of hydrogen-bond acceptors (Lipinski definition) is 5. The molecule has 1 saturated carbocycles. The van der Waals surface area contributed by atoms with Crippen LogP contribution < -0.4 is 0 Å². The highest BCUT2D eigenvalue weighted by Gasteiger charge is 2.33. The molecule has 1 rings (SSSR count). The highest BCUT2D eigenvalue weighted by Crippen LogP contribution is 2.31. The van der Waals surface area contributed by atoms with Crippen molar-refractivity contribution in [1.29, 1.82) is 0 Å². The fraction of sp³-hybridized carbons (Fsp3) is 0.846. The predicted molar refractivity (Wildman–Crippen MR) is 64.7 cm³/mol. The summed E-state index contributed by atoms with van der Waals surface area (Å²) in [7, 11) is 0. The summed E-state index contributed by atoms with van der Waals surface area (Å²) in [5.74, 6) is -0.974. The summed E-state index contributed by atoms with van der Waals surface area (Å²) in [4.78, 5) is 23.4. The van der Waals surface area contributed by atoms with Gasteiger partial charge in [-0.3, -0.25) is 9.59 Å². The average Bonchev–Trinajstić information content (AvgIpc) is 2.35. The van der Waals surface area contributed by atoms with Crippen LogP contribution in [0, 0.1) is 11.8 Å². The molecule has 2 atom stereocenters. The molecule has 1 aliphatic rings. The van der Waals surface area contributed by atoms with Gasteiger partial charge in [-0.05, 0) is 33.1 Å². The van der Waals surface area contributed by atoms with Crippen LogP contribution in [-0.4, -0.2) is 36.4 Å². The number of aliphatic hydroxyl groups excluding tert-OH is 1. The Morgan fingerprint density at radius 2 is 1.83 bits per heavy atom. The Labute approximate surface area is 107 Å². The van der Waals surface area contributed by atoms with Gasteiger partial charge < -0.3 is 14.6 Å². The number of hydrogen-bond donors (Lipinski definition) is 1. The molecule has 0 aromatic heterocycles. The Kier molecular flexibility index (Phi) is 6.12. The zero-order chi connectivity index (χ0) is 13.5. The van der Waals surface area contributed by atoms with E-state index in [1.807, 2.05) is 13.8 Å². The van der Waals surface area contributed by atoms with Crippen LogP contribution in [-0.2, 0) is 19.1 Å². The van der Waals surface area contributed by atoms with E-state index in [-0.39, 0.29) is 43.1 Å². The maximum Gasteiger partial charge on any atom is 0.309 e. The van der Waals surface area contributed by atoms with E-state index in [4.69, 9.17) is 14.6 Å². The van der Waals surface area contributed by atoms with Gasteiger partial charge >= 0.3 is 11.9 Å². The van der Waals surface area contributed by atoms with Gasteiger partial charge in [0.05, 0.1) is 24.5 Å². The van der Waals surface area contributed by atoms with Gasteiger partial charge in [-0.1, -0.05) is 6.42 Å². The van der Waals surface area contributed by atoms with Crippen molar-refractivity contribution in [3.05, 3.63) is 0 Å². The number of carbonyl (C=O) groups is 2. The Bertz CT molecular complexity index is 287. The van der Waals surface area contributed by atoms with Crippen molar-refractivity contribution in [2.75, 3.05) is 13.2 Å². The Morgan fingerprint density at radius 1 is 1.22 bits per heavy atom. The Balaban J connectivity index is 2.45. The summed E-state index contributed by atoms with van der Waals surface area (Å²) in [5.41, 5.74) is 0. The number of carbonyl (C=O) groups excluding carboxylic acids is 2. The van der Waals surface area contributed by atoms with Crippen molar-refractivity contribution in [3.63, 3.8) is 0 Å². The van der Waals surface area contributed by atoms with E-state index in [9.17, 15) is 9.59 Å². The molecule has 18 heavy (non-hydrogen) atoms. The van der Waals surface area contributed by atoms with Gasteiger partial charge in [-0.2, -0.15) is 0 Å². The summed E-state index contributed by atoms with van der Waals surface area (Å²) < 4.78 is 10.1. The minimum atomic E-state index is -0.314. The second-order valence-electron chi connectivity index (χ2n) is 4.94. The molecular weight excluding hydrogens is 236 g/mol. The fourth-order valence-corrected chi connectivity index (χ4v) is 2.21. The molecule has 0 aliphatic heterocycles. The largest absolute Gasteiger partial charge is 0.463 e. The van der Waals surface area contributed by atoms with E-state index in [1.54, 1.807) is 0 Å². The molecule has 0 heterocycles. The molecule has 0 amide bonds. The SMILES string of the molecule is CC(C)OC(=O)C1CCCC(C(=O)OCCO)C1. The van der Waals surface area contributed by atoms with Crippen molar-refractivity contribution in [2.24, 2.45) is 11.8 Å². The second-order valence-corrected chi connectivity index (χ2v) is 4.94. The van der Waals surface area contributed by atoms with E-state index in [0.29, 0.717) is 6.42 Å². The molecule has 5 heteroatoms. The summed E-state index contributed by atoms with van der Waals surface area (Å²) in [6, 6.07) is 0. The molecule has 0 bridgehead atoms. The van der Waals surface area contributed by atoms with Crippen LogP contribution in [0.25, 0.3) is 0 Å². The maximum atomic E-state index is 11.8. The highest BCUT2D eigenvalue weighted by atomic mass is 16.5. The minimum absolute atomic E-state index is 0.0242. The first kappa shape index (κ1) is 15.0. The van der Waals surface area contributed by atoms with Crippen LogP contribution in [0.5, 0.6) is 0 Å². The van der Waals surface area contributed by atoms with Crippen LogP contribution in [0.1, 0.15) is 39.5 Å². The smallest absolute Gasteiger partial charge is 0.309 e. The molecule has 0 radical (unpaired) electrons. The number of esters is 2. The lowest BCUT2D eigenvalue weighted by Crippen LogP contribution is -2.31. The van der Waals surface area contributed by atoms with Crippen LogP contribution in [0.2, 0.25) is 0 Å². The van der Waals surface area contributed by atoms with E-state index < -0.39 is 0 Å². The van der Waals surface area contributed by atoms with Gasteiger partial charge in [-0.15, -0.1) is 0 Å². The standard InChI is InChI=1S/C13H22O5/c1-9(2)18-13(16)11-5-3-4-10(8-11)12(15)17-7-6-14/h9-11,14H,3-8H2,1-2H3. The molecule has 104 valence electrons. The lowest BCUT2D eigenvalue weighted by atomic mass is 9.81. The van der Waals surface area contributed by atoms with Crippen molar-refractivity contribution in [3.8, 4) is 0 Å². The molecule has 5 nitrogen and oxygen atoms in total. The molecule has 1 fully saturated rings. The van der Waals surface area contributed by atoms with Crippen molar-refractivity contribution >= 4 is 11.9 Å². The summed E-state index contributed by atoms with van der Waals surface area (Å²) in [6.07, 6.45) is 2.72. The van der Waals surface area contributed by atoms with Gasteiger partial charge in [-0.25, -0.2) is 0 Å². The molecule has 0 saturated heterocycles. The topological polar surface area (TPSA) is 72.8 Å². The predicted octanol–water partition coefficient (Wildman–Crippen LogP) is 1.28. The van der Waals surface area contributed by atoms with Crippen LogP contribution in [0.3, 0.4) is 0 Å². The summed E-state index contributed by atoms with van der Waals surface area (Å²) >= 11 is 0. The third kappa shape index (κ3) is 4.64. The molecule has 0 aromatic rings. The zero-order valence-corrected chi connectivity index (χ0v) is 11.1. The van der Waals surface area contributed by atoms with Crippen LogP contribution in [0.4, 0.5) is 0 Å². The minimum Gasteiger partial charge on any atom is -0.463 e. The molecular formula is C13H22O5. The number of aliphatic hydroxyl groups is 1. The highest BCUT2D eigenvalue weighted by molar-refractivity contribution is 5.76.